The quantitative estimate of drug-likeness (QED) is 0.892. The van der Waals surface area contributed by atoms with Gasteiger partial charge in [-0.1, -0.05) is 11.6 Å². The van der Waals surface area contributed by atoms with Crippen LogP contribution in [0, 0.1) is 6.92 Å². The number of aryl methyl sites for hydroxylation is 1. The normalized spacial score (nSPS) is 10.1. The maximum absolute atomic E-state index is 12.0. The lowest BCUT2D eigenvalue weighted by Gasteiger charge is -2.06. The number of carbonyl (C=O) groups excluding carboxylic acids is 1. The second-order valence-electron chi connectivity index (χ2n) is 3.74. The van der Waals surface area contributed by atoms with Crippen molar-refractivity contribution in [2.24, 2.45) is 0 Å². The van der Waals surface area contributed by atoms with Gasteiger partial charge in [-0.15, -0.1) is 0 Å². The number of halogens is 1. The lowest BCUT2D eigenvalue weighted by molar-refractivity contribution is 0.102. The fraction of sp³-hybridized carbons (Fsp3) is 0.0833. The van der Waals surface area contributed by atoms with Gasteiger partial charge >= 0.3 is 0 Å². The van der Waals surface area contributed by atoms with Crippen molar-refractivity contribution in [1.82, 2.24) is 10.2 Å². The molecule has 18 heavy (non-hydrogen) atoms. The second-order valence-corrected chi connectivity index (χ2v) is 4.60. The van der Waals surface area contributed by atoms with Crippen LogP contribution in [0.2, 0.25) is 0 Å². The molecule has 0 aliphatic rings. The maximum atomic E-state index is 12.0. The van der Waals surface area contributed by atoms with Crippen LogP contribution in [0.15, 0.2) is 39.6 Å². The summed E-state index contributed by atoms with van der Waals surface area (Å²) in [6, 6.07) is 8.23. The fourth-order valence-corrected chi connectivity index (χ4v) is 1.84. The third kappa shape index (κ3) is 2.84. The van der Waals surface area contributed by atoms with E-state index in [-0.39, 0.29) is 11.5 Å². The number of hydrogen-bond donors (Lipinski definition) is 2. The molecule has 2 rings (SSSR count). The van der Waals surface area contributed by atoms with Gasteiger partial charge in [0.05, 0.1) is 5.56 Å². The molecule has 0 bridgehead atoms. The zero-order chi connectivity index (χ0) is 13.1. The highest BCUT2D eigenvalue weighted by molar-refractivity contribution is 9.10. The molecule has 1 aromatic carbocycles. The molecule has 5 nitrogen and oxygen atoms in total. The molecule has 0 aliphatic heterocycles. The van der Waals surface area contributed by atoms with Crippen molar-refractivity contribution < 1.29 is 4.79 Å². The predicted molar refractivity (Wildman–Crippen MR) is 71.7 cm³/mol. The van der Waals surface area contributed by atoms with Crippen molar-refractivity contribution in [1.29, 1.82) is 0 Å². The van der Waals surface area contributed by atoms with E-state index in [1.807, 2.05) is 19.1 Å². The molecule has 0 aliphatic carbocycles. The van der Waals surface area contributed by atoms with E-state index in [1.165, 1.54) is 12.1 Å². The highest BCUT2D eigenvalue weighted by Crippen LogP contribution is 2.19. The molecule has 1 aromatic heterocycles. The predicted octanol–water partition coefficient (Wildman–Crippen LogP) is 2.09. The van der Waals surface area contributed by atoms with Gasteiger partial charge in [-0.25, -0.2) is 5.10 Å². The molecule has 1 amide bonds. The summed E-state index contributed by atoms with van der Waals surface area (Å²) in [6.45, 7) is 1.90. The van der Waals surface area contributed by atoms with Gasteiger partial charge in [-0.2, -0.15) is 5.10 Å². The third-order valence-corrected chi connectivity index (χ3v) is 2.98. The Morgan fingerprint density at radius 3 is 2.78 bits per heavy atom. The number of carbonyl (C=O) groups is 1. The van der Waals surface area contributed by atoms with E-state index in [0.717, 1.165) is 5.56 Å². The van der Waals surface area contributed by atoms with Gasteiger partial charge in [-0.3, -0.25) is 9.59 Å². The highest BCUT2D eigenvalue weighted by Gasteiger charge is 2.10. The van der Waals surface area contributed by atoms with Crippen LogP contribution in [-0.4, -0.2) is 16.1 Å². The number of nitrogens with one attached hydrogen (secondary N) is 2. The van der Waals surface area contributed by atoms with Crippen LogP contribution in [0.25, 0.3) is 0 Å². The smallest absolute Gasteiger partial charge is 0.264 e. The first kappa shape index (κ1) is 12.5. The molecule has 2 aromatic rings. The van der Waals surface area contributed by atoms with Gasteiger partial charge in [0.1, 0.15) is 0 Å². The maximum Gasteiger partial charge on any atom is 0.264 e. The summed E-state index contributed by atoms with van der Waals surface area (Å²) in [7, 11) is 0. The first-order valence-corrected chi connectivity index (χ1v) is 5.99. The minimum absolute atomic E-state index is 0.287. The Kier molecular flexibility index (Phi) is 3.57. The van der Waals surface area contributed by atoms with E-state index in [1.54, 1.807) is 6.07 Å². The Morgan fingerprint density at radius 2 is 2.11 bits per heavy atom. The summed E-state index contributed by atoms with van der Waals surface area (Å²) in [5, 5.41) is 8.57. The van der Waals surface area contributed by atoms with Crippen molar-refractivity contribution in [3.63, 3.8) is 0 Å². The number of hydrogen-bond acceptors (Lipinski definition) is 3. The number of amides is 1. The van der Waals surface area contributed by atoms with Crippen LogP contribution in [0.3, 0.4) is 0 Å². The zero-order valence-corrected chi connectivity index (χ0v) is 11.1. The van der Waals surface area contributed by atoms with E-state index >= 15 is 0 Å². The van der Waals surface area contributed by atoms with Crippen LogP contribution >= 0.6 is 15.9 Å². The van der Waals surface area contributed by atoms with Gasteiger partial charge in [0.25, 0.3) is 11.5 Å². The Balaban J connectivity index is 2.24. The van der Waals surface area contributed by atoms with Crippen LogP contribution in [0.5, 0.6) is 0 Å². The topological polar surface area (TPSA) is 74.8 Å². The summed E-state index contributed by atoms with van der Waals surface area (Å²) in [5.74, 6) is 0.0122. The van der Waals surface area contributed by atoms with Gasteiger partial charge in [0, 0.05) is 10.5 Å². The fourth-order valence-electron chi connectivity index (χ4n) is 1.41. The summed E-state index contributed by atoms with van der Waals surface area (Å²) >= 11 is 3.32. The molecule has 1 heterocycles. The number of aromatic nitrogens is 2. The first-order chi connectivity index (χ1) is 8.56. The number of rotatable bonds is 2. The van der Waals surface area contributed by atoms with E-state index in [9.17, 15) is 9.59 Å². The van der Waals surface area contributed by atoms with Crippen molar-refractivity contribution in [3.05, 3.63) is 56.3 Å². The lowest BCUT2D eigenvalue weighted by Crippen LogP contribution is -2.16. The van der Waals surface area contributed by atoms with Crippen LogP contribution < -0.4 is 10.9 Å². The molecule has 0 fully saturated rings. The Hall–Kier alpha value is -1.95. The van der Waals surface area contributed by atoms with Crippen molar-refractivity contribution in [2.45, 2.75) is 6.92 Å². The first-order valence-electron chi connectivity index (χ1n) is 5.19. The van der Waals surface area contributed by atoms with Crippen molar-refractivity contribution in [3.8, 4) is 0 Å². The molecule has 0 saturated heterocycles. The summed E-state index contributed by atoms with van der Waals surface area (Å²) in [4.78, 5) is 22.8. The lowest BCUT2D eigenvalue weighted by atomic mass is 10.1. The summed E-state index contributed by atoms with van der Waals surface area (Å²) in [6.07, 6.45) is 0. The molecule has 0 saturated carbocycles. The van der Waals surface area contributed by atoms with Crippen molar-refractivity contribution in [2.75, 3.05) is 5.32 Å². The zero-order valence-electron chi connectivity index (χ0n) is 9.53. The minimum Gasteiger partial charge on any atom is -0.305 e. The SMILES string of the molecule is Cc1ccc(Br)c(C(=O)Nc2ccc(=O)[nH]n2)c1. The largest absolute Gasteiger partial charge is 0.305 e. The Morgan fingerprint density at radius 1 is 1.33 bits per heavy atom. The number of benzene rings is 1. The number of nitrogens with zero attached hydrogens (tertiary/aromatic N) is 1. The van der Waals surface area contributed by atoms with Gasteiger partial charge in [0.15, 0.2) is 5.82 Å². The summed E-state index contributed by atoms with van der Waals surface area (Å²) < 4.78 is 0.704. The molecular formula is C12H10BrN3O2. The number of anilines is 1. The number of H-pyrrole nitrogens is 1. The molecular weight excluding hydrogens is 298 g/mol. The van der Waals surface area contributed by atoms with E-state index < -0.39 is 0 Å². The van der Waals surface area contributed by atoms with Crippen LogP contribution in [-0.2, 0) is 0 Å². The minimum atomic E-state index is -0.315. The highest BCUT2D eigenvalue weighted by atomic mass is 79.9. The Labute approximate surface area is 111 Å². The monoisotopic (exact) mass is 307 g/mol. The van der Waals surface area contributed by atoms with Crippen molar-refractivity contribution >= 4 is 27.7 Å². The average molecular weight is 308 g/mol. The average Bonchev–Trinajstić information content (AvgIpc) is 2.35. The Bertz CT molecular complexity index is 632. The standard InChI is InChI=1S/C12H10BrN3O2/c1-7-2-3-9(13)8(6-7)12(18)14-10-4-5-11(17)16-15-10/h2-6H,1H3,(H,16,17)(H,14,15,18). The van der Waals surface area contributed by atoms with Gasteiger partial charge < -0.3 is 5.32 Å². The van der Waals surface area contributed by atoms with Gasteiger partial charge in [0.2, 0.25) is 0 Å². The second kappa shape index (κ2) is 5.14. The molecule has 6 heteroatoms. The molecule has 0 spiro atoms. The molecule has 0 radical (unpaired) electrons. The van der Waals surface area contributed by atoms with E-state index in [0.29, 0.717) is 15.9 Å². The molecule has 0 atom stereocenters. The molecule has 2 N–H and O–H groups in total. The number of aromatic amines is 1. The van der Waals surface area contributed by atoms with E-state index in [2.05, 4.69) is 31.4 Å². The third-order valence-electron chi connectivity index (χ3n) is 2.29. The van der Waals surface area contributed by atoms with E-state index in [4.69, 9.17) is 0 Å². The summed E-state index contributed by atoms with van der Waals surface area (Å²) in [5.41, 5.74) is 1.19. The van der Waals surface area contributed by atoms with Crippen LogP contribution in [0.1, 0.15) is 15.9 Å². The van der Waals surface area contributed by atoms with Gasteiger partial charge in [-0.05, 0) is 41.1 Å². The molecule has 92 valence electrons. The van der Waals surface area contributed by atoms with Crippen LogP contribution in [0.4, 0.5) is 5.82 Å². The molecule has 0 unspecified atom stereocenters.